The quantitative estimate of drug-likeness (QED) is 0.588. The second kappa shape index (κ2) is 3.75. The SMILES string of the molecule is [c]1ccccc1C1CCCCC1. The summed E-state index contributed by atoms with van der Waals surface area (Å²) in [6, 6.07) is 11.8. The Morgan fingerprint density at radius 2 is 1.92 bits per heavy atom. The zero-order chi connectivity index (χ0) is 8.23. The number of hydrogen-bond acceptors (Lipinski definition) is 0. The van der Waals surface area contributed by atoms with Crippen molar-refractivity contribution in [3.05, 3.63) is 35.9 Å². The van der Waals surface area contributed by atoms with Crippen LogP contribution in [0.5, 0.6) is 0 Å². The molecule has 0 heterocycles. The molecule has 0 N–H and O–H groups in total. The number of benzene rings is 1. The highest BCUT2D eigenvalue weighted by Crippen LogP contribution is 2.31. The Morgan fingerprint density at radius 3 is 2.58 bits per heavy atom. The van der Waals surface area contributed by atoms with E-state index in [1.807, 2.05) is 12.1 Å². The smallest absolute Gasteiger partial charge is 0.0146 e. The van der Waals surface area contributed by atoms with Crippen molar-refractivity contribution in [3.8, 4) is 0 Å². The van der Waals surface area contributed by atoms with Crippen LogP contribution in [0.25, 0.3) is 0 Å². The Morgan fingerprint density at radius 1 is 1.08 bits per heavy atom. The Bertz CT molecular complexity index is 219. The van der Waals surface area contributed by atoms with Gasteiger partial charge in [-0.3, -0.25) is 0 Å². The number of rotatable bonds is 1. The predicted octanol–water partition coefficient (Wildman–Crippen LogP) is 3.53. The molecule has 63 valence electrons. The van der Waals surface area contributed by atoms with E-state index < -0.39 is 0 Å². The van der Waals surface area contributed by atoms with E-state index in [2.05, 4.69) is 18.2 Å². The minimum absolute atomic E-state index is 0.806. The van der Waals surface area contributed by atoms with Gasteiger partial charge in [0.15, 0.2) is 0 Å². The van der Waals surface area contributed by atoms with E-state index in [9.17, 15) is 0 Å². The van der Waals surface area contributed by atoms with Crippen molar-refractivity contribution in [2.75, 3.05) is 0 Å². The second-order valence-corrected chi connectivity index (χ2v) is 3.65. The molecule has 0 spiro atoms. The topological polar surface area (TPSA) is 0 Å². The summed E-state index contributed by atoms with van der Waals surface area (Å²) >= 11 is 0. The van der Waals surface area contributed by atoms with Crippen LogP contribution in [0, 0.1) is 6.07 Å². The third-order valence-electron chi connectivity index (χ3n) is 2.78. The Labute approximate surface area is 74.6 Å². The predicted molar refractivity (Wildman–Crippen MR) is 51.1 cm³/mol. The van der Waals surface area contributed by atoms with E-state index >= 15 is 0 Å². The van der Waals surface area contributed by atoms with E-state index in [4.69, 9.17) is 0 Å². The molecular formula is C12H15. The molecule has 1 aromatic rings. The van der Waals surface area contributed by atoms with E-state index in [-0.39, 0.29) is 0 Å². The summed E-state index contributed by atoms with van der Waals surface area (Å²) in [6.07, 6.45) is 7.01. The van der Waals surface area contributed by atoms with Crippen LogP contribution in [0.2, 0.25) is 0 Å². The van der Waals surface area contributed by atoms with Gasteiger partial charge >= 0.3 is 0 Å². The molecule has 0 nitrogen and oxygen atoms in total. The monoisotopic (exact) mass is 159 g/mol. The first-order chi connectivity index (χ1) is 5.97. The Kier molecular flexibility index (Phi) is 2.45. The van der Waals surface area contributed by atoms with Crippen molar-refractivity contribution >= 4 is 0 Å². The van der Waals surface area contributed by atoms with Gasteiger partial charge in [-0.05, 0) is 30.4 Å². The summed E-state index contributed by atoms with van der Waals surface area (Å²) in [5, 5.41) is 0. The minimum Gasteiger partial charge on any atom is -0.0619 e. The van der Waals surface area contributed by atoms with Crippen molar-refractivity contribution in [2.45, 2.75) is 38.0 Å². The van der Waals surface area contributed by atoms with Gasteiger partial charge in [0.2, 0.25) is 0 Å². The van der Waals surface area contributed by atoms with Crippen LogP contribution in [0.3, 0.4) is 0 Å². The maximum Gasteiger partial charge on any atom is -0.0146 e. The minimum atomic E-state index is 0.806. The van der Waals surface area contributed by atoms with Gasteiger partial charge in [-0.2, -0.15) is 0 Å². The lowest BCUT2D eigenvalue weighted by Gasteiger charge is -2.21. The molecule has 0 saturated heterocycles. The lowest BCUT2D eigenvalue weighted by Crippen LogP contribution is -2.03. The fraction of sp³-hybridized carbons (Fsp3) is 0.500. The van der Waals surface area contributed by atoms with Crippen LogP contribution in [-0.2, 0) is 0 Å². The molecule has 0 atom stereocenters. The van der Waals surface area contributed by atoms with Crippen LogP contribution in [0.4, 0.5) is 0 Å². The molecule has 0 heteroatoms. The fourth-order valence-electron chi connectivity index (χ4n) is 2.07. The summed E-state index contributed by atoms with van der Waals surface area (Å²) in [5.74, 6) is 0.806. The summed E-state index contributed by atoms with van der Waals surface area (Å²) in [6.45, 7) is 0. The van der Waals surface area contributed by atoms with Crippen LogP contribution < -0.4 is 0 Å². The molecule has 0 aromatic heterocycles. The third kappa shape index (κ3) is 1.69. The summed E-state index contributed by atoms with van der Waals surface area (Å²) in [7, 11) is 0. The normalized spacial score (nSPS) is 19.3. The fourth-order valence-corrected chi connectivity index (χ4v) is 2.07. The lowest BCUT2D eigenvalue weighted by atomic mass is 9.84. The lowest BCUT2D eigenvalue weighted by molar-refractivity contribution is 0.443. The van der Waals surface area contributed by atoms with Crippen LogP contribution in [0.1, 0.15) is 43.6 Å². The van der Waals surface area contributed by atoms with Gasteiger partial charge in [-0.15, -0.1) is 0 Å². The molecule has 0 unspecified atom stereocenters. The van der Waals surface area contributed by atoms with E-state index in [0.717, 1.165) is 5.92 Å². The molecular weight excluding hydrogens is 144 g/mol. The molecule has 1 aliphatic carbocycles. The van der Waals surface area contributed by atoms with Crippen molar-refractivity contribution in [1.82, 2.24) is 0 Å². The van der Waals surface area contributed by atoms with Gasteiger partial charge in [0.25, 0.3) is 0 Å². The largest absolute Gasteiger partial charge is 0.0619 e. The van der Waals surface area contributed by atoms with Gasteiger partial charge in [-0.25, -0.2) is 0 Å². The van der Waals surface area contributed by atoms with Crippen molar-refractivity contribution in [1.29, 1.82) is 0 Å². The maximum atomic E-state index is 3.34. The molecule has 2 rings (SSSR count). The number of hydrogen-bond donors (Lipinski definition) is 0. The second-order valence-electron chi connectivity index (χ2n) is 3.65. The molecule has 1 aliphatic rings. The highest BCUT2D eigenvalue weighted by molar-refractivity contribution is 5.18. The molecule has 1 fully saturated rings. The Balaban J connectivity index is 2.08. The molecule has 0 bridgehead atoms. The van der Waals surface area contributed by atoms with Crippen molar-refractivity contribution in [2.24, 2.45) is 0 Å². The van der Waals surface area contributed by atoms with Crippen LogP contribution in [0.15, 0.2) is 24.3 Å². The molecule has 12 heavy (non-hydrogen) atoms. The molecule has 1 saturated carbocycles. The first-order valence-corrected chi connectivity index (χ1v) is 4.93. The highest BCUT2D eigenvalue weighted by atomic mass is 14.2. The van der Waals surface area contributed by atoms with Crippen LogP contribution in [-0.4, -0.2) is 0 Å². The van der Waals surface area contributed by atoms with E-state index in [1.54, 1.807) is 0 Å². The molecule has 1 aromatic carbocycles. The standard InChI is InChI=1S/C12H15/c1-3-7-11(8-4-1)12-9-5-2-6-10-12/h1,3-4,7,12H,2,5-6,9-10H2. The van der Waals surface area contributed by atoms with Crippen molar-refractivity contribution < 1.29 is 0 Å². The van der Waals surface area contributed by atoms with Gasteiger partial charge in [-0.1, -0.05) is 43.5 Å². The first kappa shape index (κ1) is 7.85. The van der Waals surface area contributed by atoms with E-state index in [0.29, 0.717) is 0 Å². The summed E-state index contributed by atoms with van der Waals surface area (Å²) in [4.78, 5) is 0. The Hall–Kier alpha value is -0.780. The van der Waals surface area contributed by atoms with Crippen LogP contribution >= 0.6 is 0 Å². The highest BCUT2D eigenvalue weighted by Gasteiger charge is 2.14. The van der Waals surface area contributed by atoms with Gasteiger partial charge in [0, 0.05) is 0 Å². The summed E-state index contributed by atoms with van der Waals surface area (Å²) < 4.78 is 0. The average Bonchev–Trinajstić information content (AvgIpc) is 2.21. The summed E-state index contributed by atoms with van der Waals surface area (Å²) in [5.41, 5.74) is 1.43. The van der Waals surface area contributed by atoms with Gasteiger partial charge in [0.05, 0.1) is 0 Å². The third-order valence-corrected chi connectivity index (χ3v) is 2.78. The molecule has 0 amide bonds. The van der Waals surface area contributed by atoms with Gasteiger partial charge in [0.1, 0.15) is 0 Å². The van der Waals surface area contributed by atoms with E-state index in [1.165, 1.54) is 37.7 Å². The maximum absolute atomic E-state index is 3.34. The van der Waals surface area contributed by atoms with Gasteiger partial charge < -0.3 is 0 Å². The zero-order valence-electron chi connectivity index (χ0n) is 7.42. The molecule has 0 aliphatic heterocycles. The zero-order valence-corrected chi connectivity index (χ0v) is 7.42. The molecule has 1 radical (unpaired) electrons. The van der Waals surface area contributed by atoms with Crippen molar-refractivity contribution in [3.63, 3.8) is 0 Å². The first-order valence-electron chi connectivity index (χ1n) is 4.93. The average molecular weight is 159 g/mol.